The number of hydrogen-bond donors (Lipinski definition) is 1. The van der Waals surface area contributed by atoms with Gasteiger partial charge in [0, 0.05) is 11.9 Å². The standard InChI is InChI=1S/C18H17N3O3/c1-24-14-8-6-13(7-9-14)10-11-19-18-15-4-2-3-5-16(15)20-12-17(18)21(22)23/h2-9,12H,10-11H2,1H3,(H,19,20). The van der Waals surface area contributed by atoms with Crippen molar-refractivity contribution < 1.29 is 9.66 Å². The quantitative estimate of drug-likeness (QED) is 0.551. The number of hydrogen-bond acceptors (Lipinski definition) is 5. The summed E-state index contributed by atoms with van der Waals surface area (Å²) >= 11 is 0. The summed E-state index contributed by atoms with van der Waals surface area (Å²) in [4.78, 5) is 15.0. The molecule has 0 unspecified atom stereocenters. The Morgan fingerprint density at radius 1 is 1.17 bits per heavy atom. The summed E-state index contributed by atoms with van der Waals surface area (Å²) in [7, 11) is 1.63. The average molecular weight is 323 g/mol. The lowest BCUT2D eigenvalue weighted by Gasteiger charge is -2.10. The number of nitro groups is 1. The zero-order chi connectivity index (χ0) is 16.9. The highest BCUT2D eigenvalue weighted by Crippen LogP contribution is 2.31. The molecule has 1 heterocycles. The molecule has 0 bridgehead atoms. The molecule has 0 amide bonds. The van der Waals surface area contributed by atoms with Crippen molar-refractivity contribution >= 4 is 22.3 Å². The van der Waals surface area contributed by atoms with E-state index >= 15 is 0 Å². The van der Waals surface area contributed by atoms with E-state index < -0.39 is 4.92 Å². The van der Waals surface area contributed by atoms with Crippen LogP contribution >= 0.6 is 0 Å². The summed E-state index contributed by atoms with van der Waals surface area (Å²) in [5.74, 6) is 0.808. The number of methoxy groups -OCH3 is 1. The molecular formula is C18H17N3O3. The van der Waals surface area contributed by atoms with Crippen LogP contribution in [-0.4, -0.2) is 23.6 Å². The van der Waals surface area contributed by atoms with Crippen molar-refractivity contribution in [1.29, 1.82) is 0 Å². The van der Waals surface area contributed by atoms with Gasteiger partial charge in [-0.2, -0.15) is 0 Å². The predicted octanol–water partition coefficient (Wildman–Crippen LogP) is 3.81. The summed E-state index contributed by atoms with van der Waals surface area (Å²) < 4.78 is 5.14. The summed E-state index contributed by atoms with van der Waals surface area (Å²) in [5, 5.41) is 15.2. The molecule has 1 N–H and O–H groups in total. The van der Waals surface area contributed by atoms with Crippen LogP contribution in [0.25, 0.3) is 10.9 Å². The molecule has 122 valence electrons. The number of rotatable bonds is 6. The maximum Gasteiger partial charge on any atom is 0.311 e. The lowest BCUT2D eigenvalue weighted by Crippen LogP contribution is -2.08. The highest BCUT2D eigenvalue weighted by Gasteiger charge is 2.17. The van der Waals surface area contributed by atoms with E-state index in [2.05, 4.69) is 10.3 Å². The SMILES string of the molecule is COc1ccc(CCNc2c([N+](=O)[O-])cnc3ccccc23)cc1. The molecule has 1 aromatic heterocycles. The number of nitrogens with zero attached hydrogens (tertiary/aromatic N) is 2. The van der Waals surface area contributed by atoms with Gasteiger partial charge in [0.25, 0.3) is 0 Å². The molecule has 6 nitrogen and oxygen atoms in total. The van der Waals surface area contributed by atoms with Crippen LogP contribution in [0.5, 0.6) is 5.75 Å². The lowest BCUT2D eigenvalue weighted by molar-refractivity contribution is -0.384. The smallest absolute Gasteiger partial charge is 0.311 e. The first-order valence-electron chi connectivity index (χ1n) is 7.58. The van der Waals surface area contributed by atoms with E-state index in [0.717, 1.165) is 28.6 Å². The Labute approximate surface area is 139 Å². The fourth-order valence-electron chi connectivity index (χ4n) is 2.58. The Balaban J connectivity index is 1.80. The normalized spacial score (nSPS) is 10.5. The van der Waals surface area contributed by atoms with Crippen molar-refractivity contribution in [1.82, 2.24) is 4.98 Å². The van der Waals surface area contributed by atoms with Crippen LogP contribution in [0.4, 0.5) is 11.4 Å². The Morgan fingerprint density at radius 2 is 1.92 bits per heavy atom. The zero-order valence-electron chi connectivity index (χ0n) is 13.2. The summed E-state index contributed by atoms with van der Waals surface area (Å²) in [5.41, 5.74) is 2.36. The minimum Gasteiger partial charge on any atom is -0.497 e. The first-order chi connectivity index (χ1) is 11.7. The van der Waals surface area contributed by atoms with Gasteiger partial charge in [-0.25, -0.2) is 4.98 Å². The monoisotopic (exact) mass is 323 g/mol. The topological polar surface area (TPSA) is 77.3 Å². The van der Waals surface area contributed by atoms with Crippen LogP contribution in [0.2, 0.25) is 0 Å². The molecule has 0 atom stereocenters. The van der Waals surface area contributed by atoms with E-state index in [1.807, 2.05) is 48.5 Å². The van der Waals surface area contributed by atoms with Gasteiger partial charge in [0.2, 0.25) is 0 Å². The molecule has 0 spiro atoms. The second kappa shape index (κ2) is 6.95. The minimum absolute atomic E-state index is 0.0107. The van der Waals surface area contributed by atoms with Gasteiger partial charge in [0.15, 0.2) is 0 Å². The molecule has 0 saturated carbocycles. The van der Waals surface area contributed by atoms with E-state index in [-0.39, 0.29) is 5.69 Å². The van der Waals surface area contributed by atoms with E-state index in [1.54, 1.807) is 7.11 Å². The average Bonchev–Trinajstić information content (AvgIpc) is 2.62. The Bertz CT molecular complexity index is 863. The van der Waals surface area contributed by atoms with Crippen molar-refractivity contribution in [3.8, 4) is 5.75 Å². The largest absolute Gasteiger partial charge is 0.497 e. The van der Waals surface area contributed by atoms with E-state index in [9.17, 15) is 10.1 Å². The van der Waals surface area contributed by atoms with Gasteiger partial charge in [-0.3, -0.25) is 10.1 Å². The number of fused-ring (bicyclic) bond motifs is 1. The highest BCUT2D eigenvalue weighted by molar-refractivity contribution is 5.95. The van der Waals surface area contributed by atoms with Gasteiger partial charge in [-0.15, -0.1) is 0 Å². The Kier molecular flexibility index (Phi) is 4.56. The molecule has 2 aromatic carbocycles. The molecule has 24 heavy (non-hydrogen) atoms. The molecule has 3 aromatic rings. The van der Waals surface area contributed by atoms with Crippen LogP contribution in [0.3, 0.4) is 0 Å². The van der Waals surface area contributed by atoms with Gasteiger partial charge in [0.05, 0.1) is 17.5 Å². The van der Waals surface area contributed by atoms with Crippen molar-refractivity contribution in [2.24, 2.45) is 0 Å². The lowest BCUT2D eigenvalue weighted by atomic mass is 10.1. The molecule has 0 radical (unpaired) electrons. The number of pyridine rings is 1. The van der Waals surface area contributed by atoms with Crippen molar-refractivity contribution in [2.45, 2.75) is 6.42 Å². The third-order valence-corrected chi connectivity index (χ3v) is 3.83. The van der Waals surface area contributed by atoms with Gasteiger partial charge in [-0.05, 0) is 30.2 Å². The molecule has 6 heteroatoms. The number of benzene rings is 2. The first kappa shape index (κ1) is 15.7. The fraction of sp³-hybridized carbons (Fsp3) is 0.167. The maximum atomic E-state index is 11.3. The van der Waals surface area contributed by atoms with Crippen LogP contribution in [0, 0.1) is 10.1 Å². The number of para-hydroxylation sites is 1. The second-order valence-electron chi connectivity index (χ2n) is 5.32. The van der Waals surface area contributed by atoms with E-state index in [4.69, 9.17) is 4.74 Å². The molecular weight excluding hydrogens is 306 g/mol. The molecule has 0 saturated heterocycles. The first-order valence-corrected chi connectivity index (χ1v) is 7.58. The third kappa shape index (κ3) is 3.27. The third-order valence-electron chi connectivity index (χ3n) is 3.83. The fourth-order valence-corrected chi connectivity index (χ4v) is 2.58. The van der Waals surface area contributed by atoms with Gasteiger partial charge < -0.3 is 10.1 Å². The van der Waals surface area contributed by atoms with Crippen molar-refractivity contribution in [2.75, 3.05) is 19.0 Å². The van der Waals surface area contributed by atoms with Gasteiger partial charge >= 0.3 is 5.69 Å². The number of aromatic nitrogens is 1. The summed E-state index contributed by atoms with van der Waals surface area (Å²) in [6.45, 7) is 0.585. The van der Waals surface area contributed by atoms with Crippen molar-refractivity contribution in [3.05, 3.63) is 70.4 Å². The van der Waals surface area contributed by atoms with Crippen molar-refractivity contribution in [3.63, 3.8) is 0 Å². The minimum atomic E-state index is -0.408. The highest BCUT2D eigenvalue weighted by atomic mass is 16.6. The van der Waals surface area contributed by atoms with E-state index in [1.165, 1.54) is 6.20 Å². The van der Waals surface area contributed by atoms with Crippen LogP contribution in [-0.2, 0) is 6.42 Å². The van der Waals surface area contributed by atoms with Crippen LogP contribution < -0.4 is 10.1 Å². The maximum absolute atomic E-state index is 11.3. The summed E-state index contributed by atoms with van der Waals surface area (Å²) in [6.07, 6.45) is 2.05. The second-order valence-corrected chi connectivity index (χ2v) is 5.32. The number of ether oxygens (including phenoxy) is 1. The van der Waals surface area contributed by atoms with E-state index in [0.29, 0.717) is 12.2 Å². The number of anilines is 1. The molecule has 3 rings (SSSR count). The zero-order valence-corrected chi connectivity index (χ0v) is 13.2. The van der Waals surface area contributed by atoms with Gasteiger partial charge in [-0.1, -0.05) is 30.3 Å². The number of nitrogens with one attached hydrogen (secondary N) is 1. The predicted molar refractivity (Wildman–Crippen MR) is 93.6 cm³/mol. The summed E-state index contributed by atoms with van der Waals surface area (Å²) in [6, 6.07) is 15.2. The molecule has 0 fully saturated rings. The van der Waals surface area contributed by atoms with Gasteiger partial charge in [0.1, 0.15) is 17.6 Å². The van der Waals surface area contributed by atoms with Crippen LogP contribution in [0.1, 0.15) is 5.56 Å². The molecule has 0 aliphatic heterocycles. The Morgan fingerprint density at radius 3 is 2.62 bits per heavy atom. The molecule has 0 aliphatic rings. The Hall–Kier alpha value is -3.15. The molecule has 0 aliphatic carbocycles. The van der Waals surface area contributed by atoms with Crippen LogP contribution in [0.15, 0.2) is 54.7 Å².